The molecule has 0 spiro atoms. The van der Waals surface area contributed by atoms with E-state index < -0.39 is 29.3 Å². The number of likely N-dealkylation sites (N-methyl/N-ethyl adjacent to an activating group) is 1. The number of carboxylic acid groups (broad SMARTS) is 1. The maximum absolute atomic E-state index is 12.7. The molecule has 1 aromatic rings. The van der Waals surface area contributed by atoms with Crippen molar-refractivity contribution in [2.24, 2.45) is 17.3 Å². The lowest BCUT2D eigenvalue weighted by Gasteiger charge is -2.26. The zero-order chi connectivity index (χ0) is 17.6. The summed E-state index contributed by atoms with van der Waals surface area (Å²) in [6.45, 7) is 3.57. The summed E-state index contributed by atoms with van der Waals surface area (Å²) in [6, 6.07) is 7.00. The molecule has 3 atom stereocenters. The molecule has 1 saturated carbocycles. The molecule has 3 rings (SSSR count). The lowest BCUT2D eigenvalue weighted by molar-refractivity contribution is -0.143. The van der Waals surface area contributed by atoms with Gasteiger partial charge in [-0.1, -0.05) is 32.0 Å². The van der Waals surface area contributed by atoms with Gasteiger partial charge in [0.15, 0.2) is 0 Å². The molecular formula is C18H22N2O4. The molecule has 128 valence electrons. The Bertz CT molecular complexity index is 713. The van der Waals surface area contributed by atoms with Gasteiger partial charge in [-0.2, -0.15) is 0 Å². The molecule has 0 unspecified atom stereocenters. The minimum atomic E-state index is -0.954. The fourth-order valence-electron chi connectivity index (χ4n) is 3.80. The first-order valence-electron chi connectivity index (χ1n) is 8.13. The zero-order valence-corrected chi connectivity index (χ0v) is 14.1. The number of nitrogens with zero attached hydrogens (tertiary/aromatic N) is 1. The van der Waals surface area contributed by atoms with Crippen LogP contribution in [0.5, 0.6) is 0 Å². The first-order valence-corrected chi connectivity index (χ1v) is 8.13. The van der Waals surface area contributed by atoms with Crippen molar-refractivity contribution in [3.8, 4) is 0 Å². The van der Waals surface area contributed by atoms with E-state index in [1.54, 1.807) is 20.9 Å². The van der Waals surface area contributed by atoms with Crippen molar-refractivity contribution in [1.29, 1.82) is 0 Å². The second kappa shape index (κ2) is 5.61. The van der Waals surface area contributed by atoms with Crippen LogP contribution in [0.15, 0.2) is 24.3 Å². The summed E-state index contributed by atoms with van der Waals surface area (Å²) in [6.07, 6.45) is 1.21. The van der Waals surface area contributed by atoms with Crippen molar-refractivity contribution < 1.29 is 19.5 Å². The Balaban J connectivity index is 1.76. The van der Waals surface area contributed by atoms with Crippen molar-refractivity contribution >= 4 is 23.5 Å². The van der Waals surface area contributed by atoms with Gasteiger partial charge in [-0.05, 0) is 29.9 Å². The zero-order valence-electron chi connectivity index (χ0n) is 14.1. The van der Waals surface area contributed by atoms with E-state index in [1.165, 1.54) is 4.90 Å². The van der Waals surface area contributed by atoms with Crippen LogP contribution in [0.3, 0.4) is 0 Å². The summed E-state index contributed by atoms with van der Waals surface area (Å²) < 4.78 is 0. The predicted octanol–water partition coefficient (Wildman–Crippen LogP) is 1.76. The molecule has 6 nitrogen and oxygen atoms in total. The molecule has 1 heterocycles. The number of hydrogen-bond donors (Lipinski definition) is 2. The highest BCUT2D eigenvalue weighted by Crippen LogP contribution is 2.59. The normalized spacial score (nSPS) is 27.5. The largest absolute Gasteiger partial charge is 0.481 e. The fourth-order valence-corrected chi connectivity index (χ4v) is 3.80. The highest BCUT2D eigenvalue weighted by atomic mass is 16.4. The maximum Gasteiger partial charge on any atom is 0.307 e. The average molecular weight is 330 g/mol. The summed E-state index contributed by atoms with van der Waals surface area (Å²) in [5.74, 6) is -2.69. The van der Waals surface area contributed by atoms with Crippen LogP contribution in [0.1, 0.15) is 25.8 Å². The van der Waals surface area contributed by atoms with Gasteiger partial charge in [0, 0.05) is 12.7 Å². The average Bonchev–Trinajstić information content (AvgIpc) is 3.14. The number of rotatable bonds is 3. The number of carbonyl (C=O) groups is 3. The number of aryl methyl sites for hydroxylation is 1. The van der Waals surface area contributed by atoms with Gasteiger partial charge in [-0.3, -0.25) is 14.4 Å². The summed E-state index contributed by atoms with van der Waals surface area (Å²) in [4.78, 5) is 38.0. The lowest BCUT2D eigenvalue weighted by Crippen LogP contribution is -2.45. The molecule has 1 aliphatic heterocycles. The van der Waals surface area contributed by atoms with Gasteiger partial charge in [-0.15, -0.1) is 0 Å². The van der Waals surface area contributed by atoms with Gasteiger partial charge < -0.3 is 15.3 Å². The van der Waals surface area contributed by atoms with Crippen LogP contribution in [0.25, 0.3) is 0 Å². The molecule has 1 aliphatic carbocycles. The highest BCUT2D eigenvalue weighted by Gasteiger charge is 2.66. The van der Waals surface area contributed by atoms with E-state index >= 15 is 0 Å². The smallest absolute Gasteiger partial charge is 0.307 e. The summed E-state index contributed by atoms with van der Waals surface area (Å²) >= 11 is 0. The third kappa shape index (κ3) is 2.56. The number of benzene rings is 1. The van der Waals surface area contributed by atoms with Crippen LogP contribution in [-0.4, -0.2) is 40.9 Å². The number of fused-ring (bicyclic) bond motifs is 1. The van der Waals surface area contributed by atoms with E-state index in [1.807, 2.05) is 24.3 Å². The molecule has 6 heteroatoms. The molecule has 1 fully saturated rings. The Labute approximate surface area is 140 Å². The molecule has 2 aliphatic rings. The third-order valence-electron chi connectivity index (χ3n) is 5.44. The molecule has 2 amide bonds. The van der Waals surface area contributed by atoms with Gasteiger partial charge in [0.2, 0.25) is 11.8 Å². The number of para-hydroxylation sites is 1. The molecule has 24 heavy (non-hydrogen) atoms. The molecule has 2 N–H and O–H groups in total. The molecular weight excluding hydrogens is 308 g/mol. The monoisotopic (exact) mass is 330 g/mol. The Kier molecular flexibility index (Phi) is 3.86. The minimum absolute atomic E-state index is 0.221. The maximum atomic E-state index is 12.7. The van der Waals surface area contributed by atoms with E-state index in [2.05, 4.69) is 5.32 Å². The number of nitrogens with one attached hydrogen (secondary N) is 1. The van der Waals surface area contributed by atoms with E-state index in [-0.39, 0.29) is 11.8 Å². The van der Waals surface area contributed by atoms with Crippen molar-refractivity contribution in [2.75, 3.05) is 12.4 Å². The minimum Gasteiger partial charge on any atom is -0.481 e. The summed E-state index contributed by atoms with van der Waals surface area (Å²) in [5.41, 5.74) is 1.26. The van der Waals surface area contributed by atoms with E-state index in [9.17, 15) is 19.5 Å². The number of carboxylic acids is 1. The Morgan fingerprint density at radius 1 is 1.25 bits per heavy atom. The second-order valence-corrected chi connectivity index (χ2v) is 7.26. The van der Waals surface area contributed by atoms with Crippen molar-refractivity contribution in [2.45, 2.75) is 32.7 Å². The molecule has 0 radical (unpaired) electrons. The number of aliphatic carboxylic acids is 1. The number of anilines is 1. The van der Waals surface area contributed by atoms with Gasteiger partial charge in [-0.25, -0.2) is 0 Å². The van der Waals surface area contributed by atoms with E-state index in [0.717, 1.165) is 11.3 Å². The van der Waals surface area contributed by atoms with Crippen LogP contribution in [0.2, 0.25) is 0 Å². The Morgan fingerprint density at radius 3 is 2.54 bits per heavy atom. The fraction of sp³-hybridized carbons (Fsp3) is 0.500. The molecule has 0 bridgehead atoms. The topological polar surface area (TPSA) is 86.7 Å². The Hall–Kier alpha value is -2.37. The second-order valence-electron chi connectivity index (χ2n) is 7.26. The number of carbonyl (C=O) groups excluding carboxylic acids is 2. The number of hydrogen-bond acceptors (Lipinski definition) is 3. The van der Waals surface area contributed by atoms with Crippen LogP contribution >= 0.6 is 0 Å². The highest BCUT2D eigenvalue weighted by molar-refractivity contribution is 6.00. The van der Waals surface area contributed by atoms with Crippen LogP contribution in [0.4, 0.5) is 5.69 Å². The SMILES string of the molecule is CN(C(=O)[C@@H]1[C@@H](C(=O)O)C1(C)C)[C@@H]1CCc2ccccc2NC1=O. The van der Waals surface area contributed by atoms with Crippen LogP contribution in [-0.2, 0) is 20.8 Å². The molecule has 1 aromatic carbocycles. The third-order valence-corrected chi connectivity index (χ3v) is 5.44. The molecule has 0 saturated heterocycles. The quantitative estimate of drug-likeness (QED) is 0.884. The summed E-state index contributed by atoms with van der Waals surface area (Å²) in [5, 5.41) is 12.1. The predicted molar refractivity (Wildman–Crippen MR) is 88.3 cm³/mol. The lowest BCUT2D eigenvalue weighted by atomic mass is 10.0. The van der Waals surface area contributed by atoms with E-state index in [0.29, 0.717) is 12.8 Å². The van der Waals surface area contributed by atoms with Crippen LogP contribution in [0, 0.1) is 17.3 Å². The van der Waals surface area contributed by atoms with Gasteiger partial charge in [0.25, 0.3) is 0 Å². The van der Waals surface area contributed by atoms with E-state index in [4.69, 9.17) is 0 Å². The van der Waals surface area contributed by atoms with Crippen molar-refractivity contribution in [3.63, 3.8) is 0 Å². The van der Waals surface area contributed by atoms with Gasteiger partial charge in [0.1, 0.15) is 6.04 Å². The standard InChI is InChI=1S/C18H22N2O4/c1-18(2)13(14(18)17(23)24)16(22)20(3)12-9-8-10-6-4-5-7-11(10)19-15(12)21/h4-7,12-14H,8-9H2,1-3H3,(H,19,21)(H,23,24)/t12-,13+,14+/m1/s1. The van der Waals surface area contributed by atoms with Gasteiger partial charge >= 0.3 is 5.97 Å². The first-order chi connectivity index (χ1) is 11.2. The summed E-state index contributed by atoms with van der Waals surface area (Å²) in [7, 11) is 1.59. The number of amides is 2. The van der Waals surface area contributed by atoms with Crippen molar-refractivity contribution in [3.05, 3.63) is 29.8 Å². The van der Waals surface area contributed by atoms with Crippen LogP contribution < -0.4 is 5.32 Å². The molecule has 0 aromatic heterocycles. The Morgan fingerprint density at radius 2 is 1.92 bits per heavy atom. The van der Waals surface area contributed by atoms with Gasteiger partial charge in [0.05, 0.1) is 11.8 Å². The van der Waals surface area contributed by atoms with Crippen molar-refractivity contribution in [1.82, 2.24) is 4.90 Å². The first kappa shape index (κ1) is 16.5.